The lowest BCUT2D eigenvalue weighted by atomic mass is 10.1. The highest BCUT2D eigenvalue weighted by molar-refractivity contribution is 5.80. The van der Waals surface area contributed by atoms with Crippen LogP contribution in [-0.4, -0.2) is 52.2 Å². The Morgan fingerprint density at radius 2 is 1.82 bits per heavy atom. The summed E-state index contributed by atoms with van der Waals surface area (Å²) in [5.74, 6) is 1.99. The molecule has 0 bridgehead atoms. The summed E-state index contributed by atoms with van der Waals surface area (Å²) in [5, 5.41) is 6.96. The maximum atomic E-state index is 12.3. The first-order valence-electron chi connectivity index (χ1n) is 10.1. The van der Waals surface area contributed by atoms with Crippen LogP contribution in [-0.2, 0) is 4.74 Å². The molecule has 28 heavy (non-hydrogen) atoms. The molecule has 1 aliphatic carbocycles. The maximum Gasteiger partial charge on any atom is 0.410 e. The Morgan fingerprint density at radius 1 is 1.14 bits per heavy atom. The summed E-state index contributed by atoms with van der Waals surface area (Å²) < 4.78 is 5.48. The van der Waals surface area contributed by atoms with Crippen molar-refractivity contribution < 1.29 is 9.53 Å². The number of anilines is 2. The summed E-state index contributed by atoms with van der Waals surface area (Å²) in [4.78, 5) is 23.6. The van der Waals surface area contributed by atoms with Crippen LogP contribution in [0.3, 0.4) is 0 Å². The van der Waals surface area contributed by atoms with Crippen molar-refractivity contribution in [3.8, 4) is 0 Å². The number of ether oxygens (including phenoxy) is 1. The number of carbonyl (C=O) groups is 1. The molecule has 2 aliphatic rings. The molecule has 7 nitrogen and oxygen atoms in total. The SMILES string of the molecule is CC(C)(C)OC(=O)N1CCC(CNc2nc3ccccc3nc2NC2CC2)C1. The van der Waals surface area contributed by atoms with Crippen molar-refractivity contribution in [1.29, 1.82) is 0 Å². The molecule has 0 radical (unpaired) electrons. The third-order valence-corrected chi connectivity index (χ3v) is 4.98. The molecule has 1 amide bonds. The van der Waals surface area contributed by atoms with Gasteiger partial charge in [0, 0.05) is 25.7 Å². The number of aromatic nitrogens is 2. The molecule has 4 rings (SSSR count). The van der Waals surface area contributed by atoms with Gasteiger partial charge in [-0.05, 0) is 58.1 Å². The van der Waals surface area contributed by atoms with Gasteiger partial charge in [0.15, 0.2) is 11.6 Å². The maximum absolute atomic E-state index is 12.3. The molecule has 1 unspecified atom stereocenters. The predicted octanol–water partition coefficient (Wildman–Crippen LogP) is 3.87. The molecule has 1 aromatic carbocycles. The molecule has 0 spiro atoms. The average Bonchev–Trinajstić information content (AvgIpc) is 3.32. The van der Waals surface area contributed by atoms with Crippen LogP contribution in [0.4, 0.5) is 16.4 Å². The number of nitrogens with one attached hydrogen (secondary N) is 2. The van der Waals surface area contributed by atoms with E-state index in [1.54, 1.807) is 4.90 Å². The first-order chi connectivity index (χ1) is 13.4. The molecule has 150 valence electrons. The second-order valence-electron chi connectivity index (χ2n) is 8.79. The number of rotatable bonds is 5. The van der Waals surface area contributed by atoms with Crippen molar-refractivity contribution in [3.05, 3.63) is 24.3 Å². The van der Waals surface area contributed by atoms with Crippen LogP contribution in [0.2, 0.25) is 0 Å². The van der Waals surface area contributed by atoms with Gasteiger partial charge in [0.2, 0.25) is 0 Å². The Bertz CT molecular complexity index is 859. The standard InChI is InChI=1S/C21H29N5O2/c1-21(2,3)28-20(27)26-11-10-14(13-26)12-22-18-19(23-15-8-9-15)25-17-7-5-4-6-16(17)24-18/h4-7,14-15H,8-13H2,1-3H3,(H,22,24)(H,23,25). The van der Waals surface area contributed by atoms with Crippen LogP contribution in [0.1, 0.15) is 40.0 Å². The van der Waals surface area contributed by atoms with Gasteiger partial charge in [-0.3, -0.25) is 0 Å². The average molecular weight is 383 g/mol. The van der Waals surface area contributed by atoms with E-state index >= 15 is 0 Å². The minimum Gasteiger partial charge on any atom is -0.444 e. The van der Waals surface area contributed by atoms with Crippen molar-refractivity contribution in [2.24, 2.45) is 5.92 Å². The largest absolute Gasteiger partial charge is 0.444 e. The van der Waals surface area contributed by atoms with Gasteiger partial charge in [-0.1, -0.05) is 12.1 Å². The van der Waals surface area contributed by atoms with Crippen LogP contribution in [0.25, 0.3) is 11.0 Å². The molecule has 2 fully saturated rings. The number of benzene rings is 1. The van der Waals surface area contributed by atoms with Gasteiger partial charge in [-0.2, -0.15) is 0 Å². The minimum absolute atomic E-state index is 0.225. The molecule has 2 heterocycles. The summed E-state index contributed by atoms with van der Waals surface area (Å²) in [6, 6.07) is 8.43. The lowest BCUT2D eigenvalue weighted by molar-refractivity contribution is 0.0289. The summed E-state index contributed by atoms with van der Waals surface area (Å²) in [5.41, 5.74) is 1.32. The lowest BCUT2D eigenvalue weighted by Gasteiger charge is -2.24. The minimum atomic E-state index is -0.461. The van der Waals surface area contributed by atoms with E-state index in [1.807, 2.05) is 45.0 Å². The van der Waals surface area contributed by atoms with Gasteiger partial charge in [-0.25, -0.2) is 14.8 Å². The highest BCUT2D eigenvalue weighted by atomic mass is 16.6. The number of para-hydroxylation sites is 2. The number of amides is 1. The van der Waals surface area contributed by atoms with Crippen molar-refractivity contribution in [2.45, 2.75) is 51.7 Å². The zero-order valence-corrected chi connectivity index (χ0v) is 16.9. The van der Waals surface area contributed by atoms with Gasteiger partial charge in [0.05, 0.1) is 11.0 Å². The van der Waals surface area contributed by atoms with E-state index in [2.05, 4.69) is 10.6 Å². The van der Waals surface area contributed by atoms with Gasteiger partial charge in [-0.15, -0.1) is 0 Å². The Kier molecular flexibility index (Phi) is 5.00. The van der Waals surface area contributed by atoms with E-state index in [0.717, 1.165) is 42.2 Å². The third-order valence-electron chi connectivity index (χ3n) is 4.98. The molecule has 1 saturated heterocycles. The smallest absolute Gasteiger partial charge is 0.410 e. The molecule has 1 saturated carbocycles. The molecule has 1 atom stereocenters. The molecule has 2 aromatic rings. The first-order valence-corrected chi connectivity index (χ1v) is 10.1. The number of fused-ring (bicyclic) bond motifs is 1. The van der Waals surface area contributed by atoms with E-state index in [0.29, 0.717) is 18.5 Å². The highest BCUT2D eigenvalue weighted by Gasteiger charge is 2.30. The fourth-order valence-corrected chi connectivity index (χ4v) is 3.38. The fraction of sp³-hybridized carbons (Fsp3) is 0.571. The number of hydrogen-bond donors (Lipinski definition) is 2. The van der Waals surface area contributed by atoms with Crippen molar-refractivity contribution in [1.82, 2.24) is 14.9 Å². The normalized spacial score (nSPS) is 19.7. The Labute approximate surface area is 165 Å². The molecular weight excluding hydrogens is 354 g/mol. The zero-order chi connectivity index (χ0) is 19.7. The number of hydrogen-bond acceptors (Lipinski definition) is 6. The third kappa shape index (κ3) is 4.64. The predicted molar refractivity (Wildman–Crippen MR) is 111 cm³/mol. The van der Waals surface area contributed by atoms with Gasteiger partial charge in [0.25, 0.3) is 0 Å². The van der Waals surface area contributed by atoms with Gasteiger partial charge in [0.1, 0.15) is 5.60 Å². The van der Waals surface area contributed by atoms with E-state index in [4.69, 9.17) is 14.7 Å². The Balaban J connectivity index is 1.40. The van der Waals surface area contributed by atoms with Crippen molar-refractivity contribution in [3.63, 3.8) is 0 Å². The number of nitrogens with zero attached hydrogens (tertiary/aromatic N) is 3. The molecule has 2 N–H and O–H groups in total. The van der Waals surface area contributed by atoms with Crippen LogP contribution < -0.4 is 10.6 Å². The summed E-state index contributed by atoms with van der Waals surface area (Å²) in [6.07, 6.45) is 3.10. The fourth-order valence-electron chi connectivity index (χ4n) is 3.38. The summed E-state index contributed by atoms with van der Waals surface area (Å²) in [7, 11) is 0. The quantitative estimate of drug-likeness (QED) is 0.816. The van der Waals surface area contributed by atoms with Gasteiger partial charge >= 0.3 is 6.09 Å². The highest BCUT2D eigenvalue weighted by Crippen LogP contribution is 2.29. The van der Waals surface area contributed by atoms with Gasteiger partial charge < -0.3 is 20.3 Å². The number of likely N-dealkylation sites (tertiary alicyclic amines) is 1. The van der Waals surface area contributed by atoms with E-state index in [-0.39, 0.29) is 6.09 Å². The topological polar surface area (TPSA) is 79.4 Å². The zero-order valence-electron chi connectivity index (χ0n) is 16.9. The number of carbonyl (C=O) groups excluding carboxylic acids is 1. The summed E-state index contributed by atoms with van der Waals surface area (Å²) in [6.45, 7) is 7.88. The second kappa shape index (κ2) is 7.45. The molecule has 1 aliphatic heterocycles. The molecule has 1 aromatic heterocycles. The summed E-state index contributed by atoms with van der Waals surface area (Å²) >= 11 is 0. The van der Waals surface area contributed by atoms with Crippen molar-refractivity contribution >= 4 is 28.8 Å². The van der Waals surface area contributed by atoms with E-state index in [1.165, 1.54) is 12.8 Å². The second-order valence-corrected chi connectivity index (χ2v) is 8.79. The van der Waals surface area contributed by atoms with E-state index in [9.17, 15) is 4.79 Å². The van der Waals surface area contributed by atoms with Crippen molar-refractivity contribution in [2.75, 3.05) is 30.3 Å². The monoisotopic (exact) mass is 383 g/mol. The van der Waals surface area contributed by atoms with E-state index < -0.39 is 5.60 Å². The van der Waals surface area contributed by atoms with Crippen LogP contribution in [0, 0.1) is 5.92 Å². The molecular formula is C21H29N5O2. The van der Waals surface area contributed by atoms with Crippen LogP contribution >= 0.6 is 0 Å². The molecule has 7 heteroatoms. The Morgan fingerprint density at radius 3 is 2.46 bits per heavy atom. The Hall–Kier alpha value is -2.57. The van der Waals surface area contributed by atoms with Crippen LogP contribution in [0.5, 0.6) is 0 Å². The first kappa shape index (κ1) is 18.8. The van der Waals surface area contributed by atoms with Crippen LogP contribution in [0.15, 0.2) is 24.3 Å². The lowest BCUT2D eigenvalue weighted by Crippen LogP contribution is -2.35.